The molecule has 0 unspecified atom stereocenters. The number of aromatic nitrogens is 1. The van der Waals surface area contributed by atoms with Crippen LogP contribution in [0.1, 0.15) is 12.8 Å². The minimum atomic E-state index is 0.227. The Balaban J connectivity index is 1.65. The second-order valence-corrected chi connectivity index (χ2v) is 5.65. The van der Waals surface area contributed by atoms with Crippen molar-refractivity contribution in [2.24, 2.45) is 11.7 Å². The van der Waals surface area contributed by atoms with Crippen molar-refractivity contribution in [1.29, 1.82) is 0 Å². The first-order valence-corrected chi connectivity index (χ1v) is 7.38. The largest absolute Gasteiger partial charge is 0.486 e. The van der Waals surface area contributed by atoms with Crippen LogP contribution in [-0.4, -0.2) is 30.8 Å². The first-order chi connectivity index (χ1) is 10.3. The van der Waals surface area contributed by atoms with Gasteiger partial charge in [0, 0.05) is 11.6 Å². The maximum Gasteiger partial charge on any atom is 0.221 e. The monoisotopic (exact) mass is 286 g/mol. The molecule has 21 heavy (non-hydrogen) atoms. The molecular weight excluding hydrogens is 268 g/mol. The molecule has 1 aromatic heterocycles. The van der Waals surface area contributed by atoms with Crippen LogP contribution in [0.15, 0.2) is 24.4 Å². The zero-order chi connectivity index (χ0) is 14.2. The Hall–Kier alpha value is -2.01. The molecule has 1 aromatic carbocycles. The summed E-state index contributed by atoms with van der Waals surface area (Å²) in [6.07, 6.45) is 4.02. The van der Waals surface area contributed by atoms with E-state index < -0.39 is 0 Å². The van der Waals surface area contributed by atoms with Crippen molar-refractivity contribution >= 4 is 10.8 Å². The lowest BCUT2D eigenvalue weighted by atomic mass is 9.82. The Labute approximate surface area is 123 Å². The molecule has 2 N–H and O–H groups in total. The Bertz CT molecular complexity index is 668. The highest BCUT2D eigenvalue weighted by atomic mass is 16.6. The van der Waals surface area contributed by atoms with Crippen LogP contribution < -0.4 is 19.9 Å². The maximum atomic E-state index is 6.02. The molecule has 2 heterocycles. The highest BCUT2D eigenvalue weighted by Crippen LogP contribution is 2.38. The van der Waals surface area contributed by atoms with E-state index in [0.29, 0.717) is 25.0 Å². The van der Waals surface area contributed by atoms with E-state index in [2.05, 4.69) is 4.98 Å². The van der Waals surface area contributed by atoms with Crippen LogP contribution in [0, 0.1) is 5.92 Å². The highest BCUT2D eigenvalue weighted by Gasteiger charge is 2.30. The first-order valence-electron chi connectivity index (χ1n) is 7.38. The van der Waals surface area contributed by atoms with E-state index in [1.165, 1.54) is 0 Å². The summed E-state index contributed by atoms with van der Waals surface area (Å²) in [5, 5.41) is 2.02. The van der Waals surface area contributed by atoms with Crippen LogP contribution >= 0.6 is 0 Å². The van der Waals surface area contributed by atoms with Crippen molar-refractivity contribution in [2.45, 2.75) is 18.9 Å². The van der Waals surface area contributed by atoms with Crippen molar-refractivity contribution in [3.63, 3.8) is 0 Å². The van der Waals surface area contributed by atoms with Gasteiger partial charge in [-0.2, -0.15) is 0 Å². The SMILES string of the molecule is NCC1CC(Oc2nccc3cc4c(cc23)OCCO4)C1. The lowest BCUT2D eigenvalue weighted by molar-refractivity contribution is 0.0664. The molecule has 1 aliphatic carbocycles. The summed E-state index contributed by atoms with van der Waals surface area (Å²) < 4.78 is 17.3. The molecule has 5 nitrogen and oxygen atoms in total. The van der Waals surface area contributed by atoms with Crippen molar-refractivity contribution in [3.8, 4) is 17.4 Å². The Morgan fingerprint density at radius 1 is 1.19 bits per heavy atom. The van der Waals surface area contributed by atoms with E-state index >= 15 is 0 Å². The molecule has 5 heteroatoms. The second kappa shape index (κ2) is 5.07. The quantitative estimate of drug-likeness (QED) is 0.936. The summed E-state index contributed by atoms with van der Waals surface area (Å²) in [4.78, 5) is 4.38. The van der Waals surface area contributed by atoms with Crippen molar-refractivity contribution in [3.05, 3.63) is 24.4 Å². The Morgan fingerprint density at radius 3 is 2.71 bits per heavy atom. The van der Waals surface area contributed by atoms with Crippen LogP contribution in [0.3, 0.4) is 0 Å². The summed E-state index contributed by atoms with van der Waals surface area (Å²) in [7, 11) is 0. The zero-order valence-corrected chi connectivity index (χ0v) is 11.7. The van der Waals surface area contributed by atoms with Gasteiger partial charge in [0.1, 0.15) is 19.3 Å². The van der Waals surface area contributed by atoms with Crippen LogP contribution in [0.4, 0.5) is 0 Å². The van der Waals surface area contributed by atoms with E-state index in [1.807, 2.05) is 18.2 Å². The Morgan fingerprint density at radius 2 is 1.95 bits per heavy atom. The molecule has 1 aliphatic heterocycles. The van der Waals surface area contributed by atoms with Crippen molar-refractivity contribution in [2.75, 3.05) is 19.8 Å². The number of pyridine rings is 1. The first kappa shape index (κ1) is 12.7. The van der Waals surface area contributed by atoms with Gasteiger partial charge in [-0.1, -0.05) is 0 Å². The van der Waals surface area contributed by atoms with Gasteiger partial charge in [0.05, 0.1) is 0 Å². The van der Waals surface area contributed by atoms with Crippen molar-refractivity contribution in [1.82, 2.24) is 4.98 Å². The van der Waals surface area contributed by atoms with E-state index in [0.717, 1.165) is 41.7 Å². The lowest BCUT2D eigenvalue weighted by Crippen LogP contribution is -2.37. The molecule has 4 rings (SSSR count). The molecule has 1 saturated carbocycles. The standard InChI is InChI=1S/C16H18N2O3/c17-9-10-5-12(6-10)21-16-13-8-15-14(19-3-4-20-15)7-11(13)1-2-18-16/h1-2,7-8,10,12H,3-6,9,17H2. The van der Waals surface area contributed by atoms with E-state index in [-0.39, 0.29) is 6.10 Å². The summed E-state index contributed by atoms with van der Waals surface area (Å²) in [5.41, 5.74) is 5.65. The summed E-state index contributed by atoms with van der Waals surface area (Å²) in [6, 6.07) is 5.91. The number of hydrogen-bond donors (Lipinski definition) is 1. The molecule has 110 valence electrons. The normalized spacial score (nSPS) is 23.7. The second-order valence-electron chi connectivity index (χ2n) is 5.65. The number of fused-ring (bicyclic) bond motifs is 2. The summed E-state index contributed by atoms with van der Waals surface area (Å²) in [5.74, 6) is 2.82. The average molecular weight is 286 g/mol. The topological polar surface area (TPSA) is 66.6 Å². The molecular formula is C16H18N2O3. The van der Waals surface area contributed by atoms with Gasteiger partial charge in [-0.05, 0) is 48.9 Å². The van der Waals surface area contributed by atoms with E-state index in [9.17, 15) is 0 Å². The van der Waals surface area contributed by atoms with Gasteiger partial charge in [0.25, 0.3) is 0 Å². The van der Waals surface area contributed by atoms with Gasteiger partial charge in [-0.3, -0.25) is 0 Å². The Kier molecular flexibility index (Phi) is 3.07. The van der Waals surface area contributed by atoms with Gasteiger partial charge in [-0.15, -0.1) is 0 Å². The fourth-order valence-corrected chi connectivity index (χ4v) is 2.90. The molecule has 0 bridgehead atoms. The van der Waals surface area contributed by atoms with Gasteiger partial charge in [0.15, 0.2) is 11.5 Å². The predicted molar refractivity (Wildman–Crippen MR) is 78.9 cm³/mol. The van der Waals surface area contributed by atoms with E-state index in [1.54, 1.807) is 6.20 Å². The fourth-order valence-electron chi connectivity index (χ4n) is 2.90. The van der Waals surface area contributed by atoms with Crippen LogP contribution in [0.2, 0.25) is 0 Å². The minimum Gasteiger partial charge on any atom is -0.486 e. The predicted octanol–water partition coefficient (Wildman–Crippen LogP) is 2.12. The number of nitrogens with zero attached hydrogens (tertiary/aromatic N) is 1. The van der Waals surface area contributed by atoms with Gasteiger partial charge in [-0.25, -0.2) is 4.98 Å². The summed E-state index contributed by atoms with van der Waals surface area (Å²) >= 11 is 0. The van der Waals surface area contributed by atoms with Crippen LogP contribution in [0.5, 0.6) is 17.4 Å². The third-order valence-corrected chi connectivity index (χ3v) is 4.19. The molecule has 0 saturated heterocycles. The summed E-state index contributed by atoms with van der Waals surface area (Å²) in [6.45, 7) is 1.91. The number of hydrogen-bond acceptors (Lipinski definition) is 5. The molecule has 0 amide bonds. The number of rotatable bonds is 3. The minimum absolute atomic E-state index is 0.227. The van der Waals surface area contributed by atoms with Gasteiger partial charge < -0.3 is 19.9 Å². The average Bonchev–Trinajstić information content (AvgIpc) is 2.48. The number of ether oxygens (including phenoxy) is 3. The molecule has 0 spiro atoms. The van der Waals surface area contributed by atoms with E-state index in [4.69, 9.17) is 19.9 Å². The molecule has 0 atom stereocenters. The number of benzene rings is 1. The third kappa shape index (κ3) is 2.27. The maximum absolute atomic E-state index is 6.02. The smallest absolute Gasteiger partial charge is 0.221 e. The molecule has 2 aromatic rings. The highest BCUT2D eigenvalue weighted by molar-refractivity contribution is 5.90. The fraction of sp³-hybridized carbons (Fsp3) is 0.438. The lowest BCUT2D eigenvalue weighted by Gasteiger charge is -2.34. The molecule has 0 radical (unpaired) electrons. The van der Waals surface area contributed by atoms with Gasteiger partial charge in [0.2, 0.25) is 5.88 Å². The molecule has 2 aliphatic rings. The van der Waals surface area contributed by atoms with Crippen molar-refractivity contribution < 1.29 is 14.2 Å². The third-order valence-electron chi connectivity index (χ3n) is 4.19. The van der Waals surface area contributed by atoms with Gasteiger partial charge >= 0.3 is 0 Å². The zero-order valence-electron chi connectivity index (χ0n) is 11.7. The van der Waals surface area contributed by atoms with Crippen LogP contribution in [-0.2, 0) is 0 Å². The number of nitrogens with two attached hydrogens (primary N) is 1. The molecule has 1 fully saturated rings. The van der Waals surface area contributed by atoms with Crippen LogP contribution in [0.25, 0.3) is 10.8 Å².